The van der Waals surface area contributed by atoms with Crippen LogP contribution >= 0.6 is 11.6 Å². The minimum absolute atomic E-state index is 0.0965. The highest BCUT2D eigenvalue weighted by atomic mass is 35.5. The molecule has 2 unspecified atom stereocenters. The monoisotopic (exact) mass is 543 g/mol. The Kier molecular flexibility index (Phi) is 7.85. The van der Waals surface area contributed by atoms with Crippen molar-refractivity contribution in [1.82, 2.24) is 20.2 Å². The van der Waals surface area contributed by atoms with Crippen LogP contribution in [0.25, 0.3) is 11.3 Å². The van der Waals surface area contributed by atoms with Gasteiger partial charge in [-0.3, -0.25) is 9.69 Å². The first-order valence-electron chi connectivity index (χ1n) is 12.4. The number of hydrogen-bond donors (Lipinski definition) is 3. The Bertz CT molecular complexity index is 1320. The number of rotatable bonds is 7. The summed E-state index contributed by atoms with van der Waals surface area (Å²) in [5, 5.41) is 17.4. The fraction of sp³-hybridized carbons (Fsp3) is 0.370. The van der Waals surface area contributed by atoms with E-state index < -0.39 is 23.9 Å². The Morgan fingerprint density at radius 1 is 1.21 bits per heavy atom. The molecule has 2 aliphatic heterocycles. The van der Waals surface area contributed by atoms with Crippen molar-refractivity contribution in [3.63, 3.8) is 0 Å². The van der Waals surface area contributed by atoms with Crippen molar-refractivity contribution in [2.45, 2.75) is 44.6 Å². The first-order valence-corrected chi connectivity index (χ1v) is 12.8. The lowest BCUT2D eigenvalue weighted by Gasteiger charge is -2.23. The number of aliphatic hydroxyl groups excluding tert-OH is 1. The smallest absolute Gasteiger partial charge is 0.234 e. The van der Waals surface area contributed by atoms with Crippen LogP contribution in [0.1, 0.15) is 48.7 Å². The molecule has 38 heavy (non-hydrogen) atoms. The molecule has 0 radical (unpaired) electrons. The largest absolute Gasteiger partial charge is 0.381 e. The lowest BCUT2D eigenvalue weighted by atomic mass is 10.0. The van der Waals surface area contributed by atoms with Crippen LogP contribution in [0.15, 0.2) is 42.6 Å². The molecule has 1 fully saturated rings. The second-order valence-corrected chi connectivity index (χ2v) is 10.0. The van der Waals surface area contributed by atoms with Gasteiger partial charge in [0.05, 0.1) is 29.5 Å². The minimum Gasteiger partial charge on any atom is -0.381 e. The standard InChI is InChI=1S/C27H28ClF2N5O3/c1-15(18-8-19(29)11-20(30)9-18)32-24(36)14-35-13-17-3-2-16(10-22(17)26(35)37)25-23(28)12-31-27(34-25)33-21-4-6-38-7-5-21/h2-3,8-12,15,21,26,37H,4-7,13-14H2,1H3,(H,32,36)(H,31,33,34). The molecule has 200 valence electrons. The zero-order chi connectivity index (χ0) is 26.8. The Morgan fingerprint density at radius 2 is 1.95 bits per heavy atom. The molecule has 1 amide bonds. The lowest BCUT2D eigenvalue weighted by molar-refractivity contribution is -0.125. The van der Waals surface area contributed by atoms with E-state index in [0.717, 1.165) is 30.0 Å². The van der Waals surface area contributed by atoms with Gasteiger partial charge in [0.1, 0.15) is 17.9 Å². The van der Waals surface area contributed by atoms with Gasteiger partial charge in [0.15, 0.2) is 0 Å². The molecule has 2 aromatic carbocycles. The molecular weight excluding hydrogens is 516 g/mol. The van der Waals surface area contributed by atoms with E-state index in [4.69, 9.17) is 16.3 Å². The van der Waals surface area contributed by atoms with Crippen molar-refractivity contribution in [3.05, 3.63) is 75.9 Å². The first kappa shape index (κ1) is 26.4. The van der Waals surface area contributed by atoms with Gasteiger partial charge in [-0.2, -0.15) is 0 Å². The molecule has 2 atom stereocenters. The van der Waals surface area contributed by atoms with E-state index in [9.17, 15) is 18.7 Å². The summed E-state index contributed by atoms with van der Waals surface area (Å²) < 4.78 is 32.5. The molecule has 3 heterocycles. The average molecular weight is 544 g/mol. The molecule has 0 spiro atoms. The van der Waals surface area contributed by atoms with Crippen LogP contribution in [-0.2, 0) is 16.1 Å². The maximum absolute atomic E-state index is 13.5. The molecule has 0 bridgehead atoms. The number of benzene rings is 2. The molecule has 3 N–H and O–H groups in total. The number of amides is 1. The highest BCUT2D eigenvalue weighted by molar-refractivity contribution is 6.32. The fourth-order valence-electron chi connectivity index (χ4n) is 4.81. The first-order chi connectivity index (χ1) is 18.3. The van der Waals surface area contributed by atoms with E-state index in [1.54, 1.807) is 18.0 Å². The number of fused-ring (bicyclic) bond motifs is 1. The summed E-state index contributed by atoms with van der Waals surface area (Å²) >= 11 is 6.43. The second-order valence-electron chi connectivity index (χ2n) is 9.61. The number of carbonyl (C=O) groups is 1. The Hall–Kier alpha value is -3.18. The van der Waals surface area contributed by atoms with Gasteiger partial charge in [0.2, 0.25) is 11.9 Å². The third-order valence-electron chi connectivity index (χ3n) is 6.82. The number of nitrogens with zero attached hydrogens (tertiary/aromatic N) is 3. The van der Waals surface area contributed by atoms with Gasteiger partial charge in [-0.05, 0) is 49.1 Å². The van der Waals surface area contributed by atoms with Crippen LogP contribution < -0.4 is 10.6 Å². The van der Waals surface area contributed by atoms with Crippen molar-refractivity contribution in [2.75, 3.05) is 25.1 Å². The van der Waals surface area contributed by atoms with Crippen LogP contribution in [0.4, 0.5) is 14.7 Å². The molecule has 11 heteroatoms. The minimum atomic E-state index is -1.02. The SMILES string of the molecule is CC(NC(=O)CN1Cc2ccc(-c3nc(NC4CCOCC4)ncc3Cl)cc2C1O)c1cc(F)cc(F)c1. The van der Waals surface area contributed by atoms with Crippen LogP contribution in [0.3, 0.4) is 0 Å². The summed E-state index contributed by atoms with van der Waals surface area (Å²) in [5.74, 6) is -1.32. The number of hydrogen-bond acceptors (Lipinski definition) is 7. The highest BCUT2D eigenvalue weighted by Gasteiger charge is 2.31. The second kappa shape index (κ2) is 11.3. The molecule has 0 aliphatic carbocycles. The van der Waals surface area contributed by atoms with E-state index in [1.165, 1.54) is 12.1 Å². The number of halogens is 3. The molecule has 5 rings (SSSR count). The predicted octanol–water partition coefficient (Wildman–Crippen LogP) is 4.35. The molecule has 2 aliphatic rings. The maximum atomic E-state index is 13.5. The molecule has 1 aromatic heterocycles. The van der Waals surface area contributed by atoms with E-state index >= 15 is 0 Å². The number of aliphatic hydroxyl groups is 1. The molecular formula is C27H28ClF2N5O3. The number of carbonyl (C=O) groups excluding carboxylic acids is 1. The van der Waals surface area contributed by atoms with Gasteiger partial charge in [0.25, 0.3) is 0 Å². The topological polar surface area (TPSA) is 99.6 Å². The molecule has 8 nitrogen and oxygen atoms in total. The summed E-state index contributed by atoms with van der Waals surface area (Å²) in [6.07, 6.45) is 2.27. The van der Waals surface area contributed by atoms with Gasteiger partial charge in [0, 0.05) is 43.0 Å². The summed E-state index contributed by atoms with van der Waals surface area (Å²) in [6.45, 7) is 3.29. The fourth-order valence-corrected chi connectivity index (χ4v) is 5.01. The maximum Gasteiger partial charge on any atom is 0.234 e. The van der Waals surface area contributed by atoms with Crippen LogP contribution in [0.2, 0.25) is 5.02 Å². The van der Waals surface area contributed by atoms with E-state index in [1.807, 2.05) is 18.2 Å². The van der Waals surface area contributed by atoms with Crippen molar-refractivity contribution in [2.24, 2.45) is 0 Å². The zero-order valence-electron chi connectivity index (χ0n) is 20.8. The summed E-state index contributed by atoms with van der Waals surface area (Å²) in [4.78, 5) is 23.2. The quantitative estimate of drug-likeness (QED) is 0.407. The summed E-state index contributed by atoms with van der Waals surface area (Å²) in [6, 6.07) is 8.34. The van der Waals surface area contributed by atoms with E-state index in [0.29, 0.717) is 47.6 Å². The predicted molar refractivity (Wildman–Crippen MR) is 138 cm³/mol. The van der Waals surface area contributed by atoms with E-state index in [-0.39, 0.29) is 18.5 Å². The number of ether oxygens (including phenoxy) is 1. The lowest BCUT2D eigenvalue weighted by Crippen LogP contribution is -2.37. The number of anilines is 1. The summed E-state index contributed by atoms with van der Waals surface area (Å²) in [7, 11) is 0. The normalized spacial score (nSPS) is 18.7. The average Bonchev–Trinajstić information content (AvgIpc) is 3.19. The van der Waals surface area contributed by atoms with Crippen molar-refractivity contribution >= 4 is 23.5 Å². The van der Waals surface area contributed by atoms with Crippen LogP contribution in [0.5, 0.6) is 0 Å². The van der Waals surface area contributed by atoms with Gasteiger partial charge >= 0.3 is 0 Å². The van der Waals surface area contributed by atoms with Gasteiger partial charge < -0.3 is 20.5 Å². The highest BCUT2D eigenvalue weighted by Crippen LogP contribution is 2.36. The van der Waals surface area contributed by atoms with E-state index in [2.05, 4.69) is 20.6 Å². The Balaban J connectivity index is 1.26. The van der Waals surface area contributed by atoms with Crippen LogP contribution in [0, 0.1) is 11.6 Å². The molecule has 0 saturated carbocycles. The van der Waals surface area contributed by atoms with Crippen LogP contribution in [-0.4, -0.2) is 51.7 Å². The van der Waals surface area contributed by atoms with Crippen molar-refractivity contribution in [3.8, 4) is 11.3 Å². The number of nitrogens with one attached hydrogen (secondary N) is 2. The van der Waals surface area contributed by atoms with Gasteiger partial charge in [-0.15, -0.1) is 0 Å². The third-order valence-corrected chi connectivity index (χ3v) is 7.10. The Morgan fingerprint density at radius 3 is 2.68 bits per heavy atom. The molecule has 3 aromatic rings. The van der Waals surface area contributed by atoms with Gasteiger partial charge in [-0.25, -0.2) is 18.7 Å². The third kappa shape index (κ3) is 5.94. The zero-order valence-corrected chi connectivity index (χ0v) is 21.5. The van der Waals surface area contributed by atoms with Gasteiger partial charge in [-0.1, -0.05) is 23.7 Å². The number of aromatic nitrogens is 2. The van der Waals surface area contributed by atoms with Crippen molar-refractivity contribution < 1.29 is 23.4 Å². The summed E-state index contributed by atoms with van der Waals surface area (Å²) in [5.41, 5.74) is 3.11. The van der Waals surface area contributed by atoms with Crippen molar-refractivity contribution in [1.29, 1.82) is 0 Å². The Labute approximate surface area is 224 Å². The molecule has 1 saturated heterocycles.